The highest BCUT2D eigenvalue weighted by atomic mass is 19.3. The zero-order chi connectivity index (χ0) is 25.5. The van der Waals surface area contributed by atoms with E-state index in [-0.39, 0.29) is 30.2 Å². The van der Waals surface area contributed by atoms with Crippen LogP contribution < -0.4 is 4.74 Å². The molecule has 0 bridgehead atoms. The predicted molar refractivity (Wildman–Crippen MR) is 121 cm³/mol. The third kappa shape index (κ3) is 6.64. The first kappa shape index (κ1) is 26.3. The van der Waals surface area contributed by atoms with Crippen molar-refractivity contribution >= 4 is 12.1 Å². The summed E-state index contributed by atoms with van der Waals surface area (Å²) in [7, 11) is 3.24. The summed E-state index contributed by atoms with van der Waals surface area (Å²) in [5, 5.41) is 17.2. The molecule has 0 aromatic carbocycles. The molecule has 1 aliphatic rings. The summed E-state index contributed by atoms with van der Waals surface area (Å²) in [6.45, 7) is 2.42. The molecular weight excluding hydrogens is 464 g/mol. The molecule has 0 unspecified atom stereocenters. The first-order valence-corrected chi connectivity index (χ1v) is 11.7. The van der Waals surface area contributed by atoms with E-state index in [9.17, 15) is 23.5 Å². The number of aryl methyl sites for hydroxylation is 1. The number of alkyl halides is 2. The number of carbonyl (C=O) groups excluding carboxylic acids is 1. The lowest BCUT2D eigenvalue weighted by atomic mass is 9.87. The fraction of sp³-hybridized carbons (Fsp3) is 0.609. The maximum atomic E-state index is 13.9. The molecule has 0 saturated heterocycles. The highest BCUT2D eigenvalue weighted by Gasteiger charge is 2.30. The van der Waals surface area contributed by atoms with Gasteiger partial charge < -0.3 is 19.5 Å². The van der Waals surface area contributed by atoms with Gasteiger partial charge in [-0.25, -0.2) is 23.2 Å². The Morgan fingerprint density at radius 3 is 2.77 bits per heavy atom. The van der Waals surface area contributed by atoms with Crippen LogP contribution in [0.15, 0.2) is 12.1 Å². The molecule has 1 amide bonds. The summed E-state index contributed by atoms with van der Waals surface area (Å²) in [5.74, 6) is -1.55. The normalized spacial score (nSPS) is 17.9. The van der Waals surface area contributed by atoms with Gasteiger partial charge in [0.1, 0.15) is 29.4 Å². The number of aromatic nitrogens is 4. The van der Waals surface area contributed by atoms with Crippen LogP contribution in [-0.4, -0.2) is 61.7 Å². The minimum atomic E-state index is -2.92. The molecule has 2 aromatic heterocycles. The van der Waals surface area contributed by atoms with Crippen LogP contribution in [0.2, 0.25) is 0 Å². The number of rotatable bonds is 10. The lowest BCUT2D eigenvalue weighted by Crippen LogP contribution is -2.29. The number of ether oxygens (including phenoxy) is 2. The SMILES string of the molecule is CCCCN(C)C(=O)OCc1c(-c2ccc(O[C@H]3CCC[C@H](C(=O)O)C3)c(C(F)F)n2)nnn1C. The number of carboxylic acid groups (broad SMARTS) is 1. The maximum Gasteiger partial charge on any atom is 0.409 e. The number of nitrogens with zero attached hydrogens (tertiary/aromatic N) is 5. The largest absolute Gasteiger partial charge is 0.488 e. The van der Waals surface area contributed by atoms with E-state index in [1.807, 2.05) is 6.92 Å². The molecule has 2 atom stereocenters. The van der Waals surface area contributed by atoms with Crippen molar-refractivity contribution < 1.29 is 33.0 Å². The highest BCUT2D eigenvalue weighted by Crippen LogP contribution is 2.34. The Hall–Kier alpha value is -3.31. The van der Waals surface area contributed by atoms with Crippen molar-refractivity contribution in [2.24, 2.45) is 13.0 Å². The standard InChI is InChI=1S/C23H31F2N5O5/c1-4-5-11-29(2)23(33)34-13-17-19(27-28-30(17)3)16-9-10-18(20(26-16)21(24)25)35-15-8-6-7-14(12-15)22(31)32/h9-10,14-15,21H,4-8,11-13H2,1-3H3,(H,31,32)/t14-,15-/m0/s1. The van der Waals surface area contributed by atoms with Crippen molar-refractivity contribution in [1.29, 1.82) is 0 Å². The van der Waals surface area contributed by atoms with Crippen LogP contribution in [0.5, 0.6) is 5.75 Å². The predicted octanol–water partition coefficient (Wildman–Crippen LogP) is 4.21. The van der Waals surface area contributed by atoms with E-state index in [0.29, 0.717) is 31.5 Å². The van der Waals surface area contributed by atoms with Crippen molar-refractivity contribution in [3.63, 3.8) is 0 Å². The van der Waals surface area contributed by atoms with E-state index < -0.39 is 36.2 Å². The number of halogens is 2. The van der Waals surface area contributed by atoms with Crippen molar-refractivity contribution in [3.8, 4) is 17.1 Å². The summed E-state index contributed by atoms with van der Waals surface area (Å²) in [6.07, 6.45) is -0.104. The van der Waals surface area contributed by atoms with Gasteiger partial charge in [-0.3, -0.25) is 4.79 Å². The third-order valence-electron chi connectivity index (χ3n) is 6.04. The van der Waals surface area contributed by atoms with E-state index in [4.69, 9.17) is 9.47 Å². The second kappa shape index (κ2) is 11.9. The summed E-state index contributed by atoms with van der Waals surface area (Å²) < 4.78 is 40.3. The van der Waals surface area contributed by atoms with E-state index >= 15 is 0 Å². The zero-order valence-electron chi connectivity index (χ0n) is 20.1. The fourth-order valence-electron chi connectivity index (χ4n) is 3.97. The molecule has 0 radical (unpaired) electrons. The fourth-order valence-corrected chi connectivity index (χ4v) is 3.97. The maximum absolute atomic E-state index is 13.9. The summed E-state index contributed by atoms with van der Waals surface area (Å²) in [6, 6.07) is 2.87. The Kier molecular flexibility index (Phi) is 8.94. The molecular formula is C23H31F2N5O5. The molecule has 1 fully saturated rings. The zero-order valence-corrected chi connectivity index (χ0v) is 20.1. The van der Waals surface area contributed by atoms with Gasteiger partial charge in [0.15, 0.2) is 0 Å². The minimum absolute atomic E-state index is 0.0887. The second-order valence-corrected chi connectivity index (χ2v) is 8.66. The average molecular weight is 496 g/mol. The van der Waals surface area contributed by atoms with Crippen LogP contribution in [0.1, 0.15) is 63.3 Å². The highest BCUT2D eigenvalue weighted by molar-refractivity contribution is 5.70. The first-order chi connectivity index (χ1) is 16.7. The number of carboxylic acids is 1. The van der Waals surface area contributed by atoms with Gasteiger partial charge >= 0.3 is 12.1 Å². The minimum Gasteiger partial charge on any atom is -0.488 e. The van der Waals surface area contributed by atoms with Gasteiger partial charge in [0, 0.05) is 20.6 Å². The molecule has 10 nitrogen and oxygen atoms in total. The quantitative estimate of drug-likeness (QED) is 0.521. The number of hydrogen-bond donors (Lipinski definition) is 1. The van der Waals surface area contributed by atoms with E-state index in [0.717, 1.165) is 12.8 Å². The average Bonchev–Trinajstić information content (AvgIpc) is 3.21. The van der Waals surface area contributed by atoms with E-state index in [1.165, 1.54) is 21.7 Å². The Morgan fingerprint density at radius 2 is 2.09 bits per heavy atom. The summed E-state index contributed by atoms with van der Waals surface area (Å²) in [4.78, 5) is 29.1. The van der Waals surface area contributed by atoms with Gasteiger partial charge in [-0.2, -0.15) is 0 Å². The molecule has 1 aliphatic carbocycles. The molecule has 192 valence electrons. The van der Waals surface area contributed by atoms with Gasteiger partial charge in [-0.1, -0.05) is 18.6 Å². The lowest BCUT2D eigenvalue weighted by molar-refractivity contribution is -0.143. The van der Waals surface area contributed by atoms with Gasteiger partial charge in [-0.05, 0) is 44.2 Å². The van der Waals surface area contributed by atoms with Crippen LogP contribution in [0.4, 0.5) is 13.6 Å². The summed E-state index contributed by atoms with van der Waals surface area (Å²) in [5.41, 5.74) is 0.194. The summed E-state index contributed by atoms with van der Waals surface area (Å²) >= 11 is 0. The van der Waals surface area contributed by atoms with Gasteiger partial charge in [0.25, 0.3) is 6.43 Å². The second-order valence-electron chi connectivity index (χ2n) is 8.66. The molecule has 12 heteroatoms. The molecule has 0 aliphatic heterocycles. The van der Waals surface area contributed by atoms with Crippen LogP contribution >= 0.6 is 0 Å². The Bertz CT molecular complexity index is 1030. The Balaban J connectivity index is 1.78. The van der Waals surface area contributed by atoms with Crippen LogP contribution in [0.3, 0.4) is 0 Å². The van der Waals surface area contributed by atoms with Crippen LogP contribution in [0, 0.1) is 5.92 Å². The van der Waals surface area contributed by atoms with Gasteiger partial charge in [0.05, 0.1) is 17.7 Å². The number of unbranched alkanes of at least 4 members (excludes halogenated alkanes) is 1. The van der Waals surface area contributed by atoms with E-state index in [2.05, 4.69) is 15.3 Å². The smallest absolute Gasteiger partial charge is 0.409 e. The number of hydrogen-bond acceptors (Lipinski definition) is 7. The van der Waals surface area contributed by atoms with Crippen LogP contribution in [0.25, 0.3) is 11.4 Å². The molecule has 1 N–H and O–H groups in total. The number of carbonyl (C=O) groups is 2. The molecule has 0 spiro atoms. The van der Waals surface area contributed by atoms with Gasteiger partial charge in [-0.15, -0.1) is 5.10 Å². The molecule has 2 heterocycles. The number of amides is 1. The molecule has 3 rings (SSSR count). The number of pyridine rings is 1. The third-order valence-corrected chi connectivity index (χ3v) is 6.04. The van der Waals surface area contributed by atoms with Crippen molar-refractivity contribution in [2.45, 2.75) is 64.6 Å². The first-order valence-electron chi connectivity index (χ1n) is 11.7. The van der Waals surface area contributed by atoms with Crippen molar-refractivity contribution in [3.05, 3.63) is 23.5 Å². The van der Waals surface area contributed by atoms with E-state index in [1.54, 1.807) is 14.1 Å². The van der Waals surface area contributed by atoms with Gasteiger partial charge in [0.2, 0.25) is 0 Å². The molecule has 2 aromatic rings. The lowest BCUT2D eigenvalue weighted by Gasteiger charge is -2.27. The van der Waals surface area contributed by atoms with Crippen molar-refractivity contribution in [2.75, 3.05) is 13.6 Å². The molecule has 35 heavy (non-hydrogen) atoms. The number of aliphatic carboxylic acids is 1. The Morgan fingerprint density at radius 1 is 1.31 bits per heavy atom. The van der Waals surface area contributed by atoms with Crippen LogP contribution in [-0.2, 0) is 23.2 Å². The molecule has 1 saturated carbocycles. The Labute approximate surface area is 202 Å². The van der Waals surface area contributed by atoms with Crippen molar-refractivity contribution in [1.82, 2.24) is 24.9 Å². The topological polar surface area (TPSA) is 120 Å². The monoisotopic (exact) mass is 495 g/mol.